The minimum absolute atomic E-state index is 0.0182. The number of aromatic nitrogens is 1. The number of phenolic OH excluding ortho intramolecular Hbond substituents is 2. The van der Waals surface area contributed by atoms with Gasteiger partial charge in [0.2, 0.25) is 12.8 Å². The fraction of sp³-hybridized carbons (Fsp3) is 0.350. The van der Waals surface area contributed by atoms with Crippen molar-refractivity contribution in [1.29, 1.82) is 0 Å². The first-order valence-corrected chi connectivity index (χ1v) is 33.5. The summed E-state index contributed by atoms with van der Waals surface area (Å²) in [5.41, 5.74) is 4.57. The number of nitrogens with zero attached hydrogens (tertiary/aromatic N) is 1. The van der Waals surface area contributed by atoms with E-state index >= 15 is 0 Å². The SMILES string of the molecule is O=CC#CCF.O=CC1CCC(F)CC1.O=CCC1CCC(F)CC1.O=CCCc1ccc(F)cc1.O=CCF.O=CCc1ccc(F)cc1.O=Cc1ccc(CCOCCF)cc1.O=Cc1ccc(F)nc1.O=Cc1ccc(OCOCCF)cc1.Oc1ccc(OCF)cc1.Oc1ccc(OCOCF)cc1. The van der Waals surface area contributed by atoms with E-state index in [1.165, 1.54) is 72.9 Å². The van der Waals surface area contributed by atoms with Gasteiger partial charge in [-0.2, -0.15) is 4.39 Å². The van der Waals surface area contributed by atoms with Crippen LogP contribution in [0.1, 0.15) is 112 Å². The van der Waals surface area contributed by atoms with Gasteiger partial charge in [-0.1, -0.05) is 54.5 Å². The van der Waals surface area contributed by atoms with Gasteiger partial charge in [0, 0.05) is 48.1 Å². The lowest BCUT2D eigenvalue weighted by atomic mass is 9.86. The summed E-state index contributed by atoms with van der Waals surface area (Å²) in [7, 11) is 0. The quantitative estimate of drug-likeness (QED) is 0.0115. The van der Waals surface area contributed by atoms with Crippen LogP contribution in [0, 0.1) is 41.3 Å². The molecule has 2 saturated carbocycles. The average molecular weight is 1550 g/mol. The summed E-state index contributed by atoms with van der Waals surface area (Å²) in [5, 5.41) is 17.7. The van der Waals surface area contributed by atoms with Gasteiger partial charge in [-0.15, -0.1) is 0 Å². The number of halogens is 11. The van der Waals surface area contributed by atoms with E-state index in [2.05, 4.69) is 14.5 Å². The number of alkyl halides is 8. The molecule has 6 aromatic carbocycles. The van der Waals surface area contributed by atoms with Crippen molar-refractivity contribution < 1.29 is 130 Å². The predicted octanol–water partition coefficient (Wildman–Crippen LogP) is 15.9. The van der Waals surface area contributed by atoms with Crippen molar-refractivity contribution in [3.05, 3.63) is 215 Å². The van der Waals surface area contributed by atoms with Crippen molar-refractivity contribution in [3.63, 3.8) is 0 Å². The number of hydrogen-bond donors (Lipinski definition) is 2. The third-order valence-corrected chi connectivity index (χ3v) is 13.7. The van der Waals surface area contributed by atoms with Crippen LogP contribution in [0.4, 0.5) is 48.3 Å². The Labute approximate surface area is 626 Å². The van der Waals surface area contributed by atoms with Gasteiger partial charge in [0.1, 0.15) is 110 Å². The number of benzene rings is 6. The van der Waals surface area contributed by atoms with Gasteiger partial charge in [-0.25, -0.2) is 48.9 Å². The normalized spacial score (nSPS) is 13.6. The number of hydrogen-bond acceptors (Lipinski definition) is 18. The highest BCUT2D eigenvalue weighted by Crippen LogP contribution is 2.28. The van der Waals surface area contributed by atoms with Gasteiger partial charge in [0.25, 0.3) is 0 Å². The maximum Gasteiger partial charge on any atom is 0.228 e. The van der Waals surface area contributed by atoms with Crippen LogP contribution in [0.15, 0.2) is 164 Å². The van der Waals surface area contributed by atoms with Crippen molar-refractivity contribution in [2.75, 3.05) is 73.8 Å². The predicted molar refractivity (Wildman–Crippen MR) is 386 cm³/mol. The highest BCUT2D eigenvalue weighted by Gasteiger charge is 2.20. The first-order valence-electron chi connectivity index (χ1n) is 33.5. The van der Waals surface area contributed by atoms with Crippen molar-refractivity contribution in [2.24, 2.45) is 11.8 Å². The van der Waals surface area contributed by atoms with Crippen LogP contribution in [0.3, 0.4) is 0 Å². The molecule has 0 atom stereocenters. The van der Waals surface area contributed by atoms with Crippen molar-refractivity contribution in [3.8, 4) is 40.6 Å². The van der Waals surface area contributed by atoms with Gasteiger partial charge in [-0.3, -0.25) is 19.2 Å². The summed E-state index contributed by atoms with van der Waals surface area (Å²) in [5.74, 6) is 5.20. The molecule has 7 aromatic rings. The molecule has 2 aliphatic rings. The Kier molecular flexibility index (Phi) is 65.7. The molecule has 18 nitrogen and oxygen atoms in total. The summed E-state index contributed by atoms with van der Waals surface area (Å²) >= 11 is 0. The topological polar surface area (TPSA) is 262 Å². The van der Waals surface area contributed by atoms with Crippen LogP contribution in [0.25, 0.3) is 0 Å². The second-order valence-corrected chi connectivity index (χ2v) is 21.7. The van der Waals surface area contributed by atoms with E-state index in [1.54, 1.807) is 72.8 Å². The molecule has 0 amide bonds. The Hall–Kier alpha value is -10.8. The molecule has 2 aliphatic carbocycles. The summed E-state index contributed by atoms with van der Waals surface area (Å²) in [6.07, 6.45) is 15.0. The number of phenols is 2. The largest absolute Gasteiger partial charge is 0.508 e. The van der Waals surface area contributed by atoms with Crippen molar-refractivity contribution >= 4 is 56.6 Å². The van der Waals surface area contributed by atoms with Gasteiger partial charge < -0.3 is 62.6 Å². The van der Waals surface area contributed by atoms with Crippen LogP contribution in [0.2, 0.25) is 0 Å². The molecule has 0 bridgehead atoms. The Bertz CT molecular complexity index is 3400. The number of ether oxygens (including phenoxy) is 6. The fourth-order valence-electron chi connectivity index (χ4n) is 8.10. The first kappa shape index (κ1) is 100. The molecular weight excluding hydrogens is 1460 g/mol. The molecule has 1 heterocycles. The van der Waals surface area contributed by atoms with Crippen LogP contribution in [-0.2, 0) is 62.2 Å². The first-order chi connectivity index (χ1) is 52.8. The van der Waals surface area contributed by atoms with E-state index < -0.39 is 58.7 Å². The van der Waals surface area contributed by atoms with E-state index in [-0.39, 0.29) is 62.1 Å². The van der Waals surface area contributed by atoms with E-state index in [0.29, 0.717) is 110 Å². The Balaban J connectivity index is 0. The van der Waals surface area contributed by atoms with Crippen LogP contribution >= 0.6 is 0 Å². The number of aryl methyl sites for hydroxylation is 1. The third kappa shape index (κ3) is 59.9. The summed E-state index contributed by atoms with van der Waals surface area (Å²) in [6.45, 7) is -3.66. The number of rotatable bonds is 28. The number of carbonyl (C=O) groups is 9. The summed E-state index contributed by atoms with van der Waals surface area (Å²) < 4.78 is 157. The highest BCUT2D eigenvalue weighted by atomic mass is 19.2. The van der Waals surface area contributed by atoms with Crippen LogP contribution < -0.4 is 14.2 Å². The number of carbonyl (C=O) groups excluding carboxylic acids is 9. The molecule has 1 aromatic heterocycles. The molecular formula is C80H90F11NO17. The minimum atomic E-state index is -0.863. The monoisotopic (exact) mass is 1550 g/mol. The van der Waals surface area contributed by atoms with E-state index in [1.807, 2.05) is 24.0 Å². The smallest absolute Gasteiger partial charge is 0.228 e. The average Bonchev–Trinajstić information content (AvgIpc) is 1.11. The standard InChI is InChI=1S/C11H13FO2.C10H11FO3.C9H9FO.C8H9FO3.C8H13FO.C8H7FO.C7H7FO2.C7H11FO.C6H4FNO.C4H3FO.C2H3FO/c12-6-8-14-7-5-10-1-3-11(9-13)4-2-10;11-5-6-13-8-14-10-3-1-9(7-12)2-4-10;10-9-5-3-8(4-6-9)2-1-7-11;9-5-11-6-12-8-3-1-7(10)2-4-8;2*9-8-3-1-7(2-4-8)5-6-10;8-5-10-7-3-1-6(9)2-4-7;8-7-3-1-6(5-9)2-4-7;7-6-2-1-5(4-9)3-8-6;5-3-1-2-4-6;3-1-2-4/h1-4,9H,5-8H2;1-4,7H,5-6,8H2;3-7H,1-2H2;1-4,10H,5-6H2;6-8H,1-5H2;1-4,6H,5H2;1-4,9H,5H2;5-7H,1-4H2;1-4H;4H,3H2;2H,1H2. The second kappa shape index (κ2) is 71.4. The molecule has 2 N–H and O–H groups in total. The molecule has 0 saturated heterocycles. The maximum atomic E-state index is 12.5. The van der Waals surface area contributed by atoms with Gasteiger partial charge in [0.05, 0.1) is 19.8 Å². The maximum absolute atomic E-state index is 12.5. The zero-order valence-corrected chi connectivity index (χ0v) is 59.7. The van der Waals surface area contributed by atoms with E-state index in [9.17, 15) is 86.7 Å². The Morgan fingerprint density at radius 2 is 0.881 bits per heavy atom. The van der Waals surface area contributed by atoms with Gasteiger partial charge in [-0.05, 0) is 202 Å². The number of aldehydes is 9. The van der Waals surface area contributed by atoms with Crippen LogP contribution in [-0.4, -0.2) is 158 Å². The Morgan fingerprint density at radius 1 is 0.440 bits per heavy atom. The second-order valence-electron chi connectivity index (χ2n) is 21.7. The van der Waals surface area contributed by atoms with E-state index in [0.717, 1.165) is 92.6 Å². The lowest BCUT2D eigenvalue weighted by molar-refractivity contribution is -0.112. The molecule has 2 fully saturated rings. The molecule has 9 rings (SSSR count). The molecule has 0 unspecified atom stereocenters. The van der Waals surface area contributed by atoms with Crippen molar-refractivity contribution in [2.45, 2.75) is 95.8 Å². The zero-order valence-electron chi connectivity index (χ0n) is 59.7. The lowest BCUT2D eigenvalue weighted by Gasteiger charge is -2.21. The lowest BCUT2D eigenvalue weighted by Crippen LogP contribution is -2.15. The number of aromatic hydroxyl groups is 2. The molecule has 0 radical (unpaired) electrons. The zero-order chi connectivity index (χ0) is 81.2. The molecule has 0 aliphatic heterocycles. The summed E-state index contributed by atoms with van der Waals surface area (Å²) in [6, 6.07) is 40.4. The number of pyridine rings is 1. The van der Waals surface area contributed by atoms with Gasteiger partial charge >= 0.3 is 0 Å². The third-order valence-electron chi connectivity index (χ3n) is 13.7. The van der Waals surface area contributed by atoms with Crippen LogP contribution in [0.5, 0.6) is 28.7 Å². The molecule has 594 valence electrons. The van der Waals surface area contributed by atoms with Crippen molar-refractivity contribution in [1.82, 2.24) is 4.98 Å². The minimum Gasteiger partial charge on any atom is -0.508 e. The molecule has 0 spiro atoms. The molecule has 29 heteroatoms. The molecule has 109 heavy (non-hydrogen) atoms. The Morgan fingerprint density at radius 3 is 1.28 bits per heavy atom. The summed E-state index contributed by atoms with van der Waals surface area (Å²) in [4.78, 5) is 92.0. The highest BCUT2D eigenvalue weighted by molar-refractivity contribution is 5.75. The van der Waals surface area contributed by atoms with Gasteiger partial charge in [0.15, 0.2) is 46.0 Å². The fourth-order valence-corrected chi connectivity index (χ4v) is 8.10. The van der Waals surface area contributed by atoms with E-state index in [4.69, 9.17) is 34.0 Å².